The van der Waals surface area contributed by atoms with Crippen molar-refractivity contribution in [3.8, 4) is 0 Å². The molecule has 0 aromatic heterocycles. The Hall–Kier alpha value is -1.45. The number of allylic oxidation sites excluding steroid dienone is 1. The van der Waals surface area contributed by atoms with Crippen molar-refractivity contribution in [1.29, 1.82) is 0 Å². The monoisotopic (exact) mass is 137 g/mol. The lowest BCUT2D eigenvalue weighted by Crippen LogP contribution is -2.14. The van der Waals surface area contributed by atoms with Crippen LogP contribution < -0.4 is 5.73 Å². The van der Waals surface area contributed by atoms with E-state index in [-0.39, 0.29) is 0 Å². The van der Waals surface area contributed by atoms with Crippen LogP contribution in [0.25, 0.3) is 0 Å². The molecule has 10 heavy (non-hydrogen) atoms. The number of rotatable bonds is 1. The van der Waals surface area contributed by atoms with Gasteiger partial charge in [0, 0.05) is 24.4 Å². The first kappa shape index (κ1) is 6.67. The summed E-state index contributed by atoms with van der Waals surface area (Å²) in [5.74, 6) is -0.417. The molecule has 0 spiro atoms. The zero-order valence-electron chi connectivity index (χ0n) is 5.32. The van der Waals surface area contributed by atoms with Gasteiger partial charge >= 0.3 is 0 Å². The van der Waals surface area contributed by atoms with Gasteiger partial charge in [-0.1, -0.05) is 0 Å². The Balaban J connectivity index is 2.78. The van der Waals surface area contributed by atoms with Crippen LogP contribution >= 0.6 is 0 Å². The molecule has 0 unspecified atom stereocenters. The average molecular weight is 137 g/mol. The van der Waals surface area contributed by atoms with Gasteiger partial charge in [0.25, 0.3) is 0 Å². The molecule has 0 radical (unpaired) electrons. The summed E-state index contributed by atoms with van der Waals surface area (Å²) in [5, 5.41) is 7.15. The van der Waals surface area contributed by atoms with Crippen LogP contribution in [0.5, 0.6) is 0 Å². The third-order valence-electron chi connectivity index (χ3n) is 1.12. The third-order valence-corrected chi connectivity index (χ3v) is 1.12. The van der Waals surface area contributed by atoms with Crippen molar-refractivity contribution in [1.82, 2.24) is 0 Å². The summed E-state index contributed by atoms with van der Waals surface area (Å²) in [5.41, 5.74) is 5.54. The van der Waals surface area contributed by atoms with Crippen LogP contribution in [0.2, 0.25) is 0 Å². The first-order chi connectivity index (χ1) is 4.80. The first-order valence-electron chi connectivity index (χ1n) is 2.84. The number of primary amides is 1. The molecule has 52 valence electrons. The normalized spacial score (nSPS) is 16.2. The predicted octanol–water partition coefficient (Wildman–Crippen LogP) is -0.142. The van der Waals surface area contributed by atoms with Crippen molar-refractivity contribution in [2.45, 2.75) is 6.42 Å². The molecule has 4 nitrogen and oxygen atoms in total. The number of amides is 1. The molecule has 1 aliphatic rings. The fraction of sp³-hybridized carbons (Fsp3) is 0.167. The fourth-order valence-electron chi connectivity index (χ4n) is 0.599. The van der Waals surface area contributed by atoms with E-state index in [2.05, 4.69) is 10.2 Å². The minimum atomic E-state index is -0.417. The van der Waals surface area contributed by atoms with E-state index in [4.69, 9.17) is 5.73 Å². The maximum absolute atomic E-state index is 10.5. The second kappa shape index (κ2) is 2.91. The van der Waals surface area contributed by atoms with Crippen LogP contribution in [0.15, 0.2) is 21.9 Å². The number of carbonyl (C=O) groups excluding carboxylic acids is 1. The minimum absolute atomic E-state index is 0.417. The maximum atomic E-state index is 10.5. The highest BCUT2D eigenvalue weighted by Crippen LogP contribution is 1.98. The number of nitrogens with two attached hydrogens (primary N) is 1. The van der Waals surface area contributed by atoms with E-state index in [0.717, 1.165) is 0 Å². The van der Waals surface area contributed by atoms with Gasteiger partial charge in [-0.05, 0) is 6.08 Å². The second-order valence-electron chi connectivity index (χ2n) is 1.82. The highest BCUT2D eigenvalue weighted by atomic mass is 16.1. The smallest absolute Gasteiger partial charge is 0.245 e. The quantitative estimate of drug-likeness (QED) is 0.537. The fourth-order valence-corrected chi connectivity index (χ4v) is 0.599. The van der Waals surface area contributed by atoms with Crippen molar-refractivity contribution in [3.63, 3.8) is 0 Å². The lowest BCUT2D eigenvalue weighted by Gasteiger charge is -1.92. The highest BCUT2D eigenvalue weighted by Gasteiger charge is 2.01. The molecule has 0 aliphatic carbocycles. The summed E-state index contributed by atoms with van der Waals surface area (Å²) in [6, 6.07) is 0. The van der Waals surface area contributed by atoms with E-state index in [1.165, 1.54) is 6.21 Å². The van der Waals surface area contributed by atoms with Gasteiger partial charge in [-0.15, -0.1) is 0 Å². The average Bonchev–Trinajstić information content (AvgIpc) is 2.12. The molecule has 0 saturated carbocycles. The maximum Gasteiger partial charge on any atom is 0.245 e. The van der Waals surface area contributed by atoms with Crippen molar-refractivity contribution in [2.24, 2.45) is 15.9 Å². The van der Waals surface area contributed by atoms with Crippen LogP contribution in [0.1, 0.15) is 6.42 Å². The van der Waals surface area contributed by atoms with Crippen LogP contribution in [0, 0.1) is 0 Å². The van der Waals surface area contributed by atoms with Crippen LogP contribution in [0.4, 0.5) is 0 Å². The molecule has 4 heteroatoms. The summed E-state index contributed by atoms with van der Waals surface area (Å²) in [6.45, 7) is 0. The second-order valence-corrected chi connectivity index (χ2v) is 1.82. The lowest BCUT2D eigenvalue weighted by molar-refractivity contribution is -0.114. The molecule has 0 aromatic rings. The zero-order chi connectivity index (χ0) is 7.40. The van der Waals surface area contributed by atoms with Gasteiger partial charge in [0.2, 0.25) is 5.91 Å². The lowest BCUT2D eigenvalue weighted by atomic mass is 10.2. The zero-order valence-corrected chi connectivity index (χ0v) is 5.32. The van der Waals surface area contributed by atoms with Gasteiger partial charge in [0.15, 0.2) is 0 Å². The topological polar surface area (TPSA) is 67.8 Å². The molecule has 1 amide bonds. The largest absolute Gasteiger partial charge is 0.366 e. The number of hydrogen-bond acceptors (Lipinski definition) is 3. The molecular formula is C6H7N3O. The van der Waals surface area contributed by atoms with Crippen LogP contribution in [-0.4, -0.2) is 18.3 Å². The Bertz CT molecular complexity index is 227. The molecule has 0 fully saturated rings. The van der Waals surface area contributed by atoms with Crippen molar-refractivity contribution in [2.75, 3.05) is 0 Å². The number of carbonyl (C=O) groups is 1. The van der Waals surface area contributed by atoms with E-state index in [0.29, 0.717) is 12.0 Å². The van der Waals surface area contributed by atoms with Gasteiger partial charge < -0.3 is 5.73 Å². The summed E-state index contributed by atoms with van der Waals surface area (Å²) < 4.78 is 0. The first-order valence-corrected chi connectivity index (χ1v) is 2.84. The van der Waals surface area contributed by atoms with Crippen molar-refractivity contribution in [3.05, 3.63) is 11.6 Å². The standard InChI is InChI=1S/C6H7N3O/c7-6(10)5-1-3-8-9-4-2-5/h1,3-4H,2H2,(H2,7,10). The van der Waals surface area contributed by atoms with Crippen molar-refractivity contribution < 1.29 is 4.79 Å². The van der Waals surface area contributed by atoms with E-state index in [1.807, 2.05) is 0 Å². The summed E-state index contributed by atoms with van der Waals surface area (Å²) in [6.07, 6.45) is 5.02. The summed E-state index contributed by atoms with van der Waals surface area (Å²) in [7, 11) is 0. The Kier molecular flexibility index (Phi) is 1.94. The van der Waals surface area contributed by atoms with Gasteiger partial charge in [0.05, 0.1) is 0 Å². The Morgan fingerprint density at radius 3 is 3.10 bits per heavy atom. The molecule has 1 heterocycles. The molecule has 2 N–H and O–H groups in total. The SMILES string of the molecule is NC(=O)C1=CC=NN=CC1. The Morgan fingerprint density at radius 2 is 2.40 bits per heavy atom. The van der Waals surface area contributed by atoms with Gasteiger partial charge in [-0.25, -0.2) is 0 Å². The molecular weight excluding hydrogens is 130 g/mol. The molecule has 0 bridgehead atoms. The molecule has 0 atom stereocenters. The summed E-state index contributed by atoms with van der Waals surface area (Å²) >= 11 is 0. The van der Waals surface area contributed by atoms with Gasteiger partial charge in [-0.3, -0.25) is 4.79 Å². The number of nitrogens with zero attached hydrogens (tertiary/aromatic N) is 2. The van der Waals surface area contributed by atoms with Gasteiger partial charge in [0.1, 0.15) is 0 Å². The number of hydrogen-bond donors (Lipinski definition) is 1. The van der Waals surface area contributed by atoms with E-state index >= 15 is 0 Å². The van der Waals surface area contributed by atoms with E-state index in [9.17, 15) is 4.79 Å². The predicted molar refractivity (Wildman–Crippen MR) is 38.9 cm³/mol. The van der Waals surface area contributed by atoms with Crippen molar-refractivity contribution >= 4 is 18.3 Å². The van der Waals surface area contributed by atoms with Crippen LogP contribution in [-0.2, 0) is 4.79 Å². The third kappa shape index (κ3) is 1.51. The van der Waals surface area contributed by atoms with Gasteiger partial charge in [-0.2, -0.15) is 10.2 Å². The Morgan fingerprint density at radius 1 is 1.60 bits per heavy atom. The van der Waals surface area contributed by atoms with E-state index < -0.39 is 5.91 Å². The molecule has 0 aromatic carbocycles. The minimum Gasteiger partial charge on any atom is -0.366 e. The summed E-state index contributed by atoms with van der Waals surface area (Å²) in [4.78, 5) is 10.5. The van der Waals surface area contributed by atoms with E-state index in [1.54, 1.807) is 12.3 Å². The molecule has 1 aliphatic heterocycles. The Labute approximate surface area is 58.1 Å². The molecule has 0 saturated heterocycles. The highest BCUT2D eigenvalue weighted by molar-refractivity contribution is 5.99. The molecule has 1 rings (SSSR count). The van der Waals surface area contributed by atoms with Crippen LogP contribution in [0.3, 0.4) is 0 Å².